The number of aromatic nitrogens is 1. The van der Waals surface area contributed by atoms with Crippen molar-refractivity contribution in [3.8, 4) is 0 Å². The van der Waals surface area contributed by atoms with E-state index in [1.165, 1.54) is 0 Å². The molecule has 0 spiro atoms. The Bertz CT molecular complexity index is 313. The van der Waals surface area contributed by atoms with Crippen molar-refractivity contribution in [3.05, 3.63) is 29.6 Å². The summed E-state index contributed by atoms with van der Waals surface area (Å²) in [6, 6.07) is 3.76. The molecule has 0 radical (unpaired) electrons. The molecule has 76 valence electrons. The molecule has 0 aliphatic heterocycles. The van der Waals surface area contributed by atoms with Crippen molar-refractivity contribution in [1.29, 1.82) is 0 Å². The lowest BCUT2D eigenvalue weighted by molar-refractivity contribution is -0.120. The number of carbonyl (C=O) groups excluding carboxylic acids is 1. The van der Waals surface area contributed by atoms with Gasteiger partial charge in [-0.05, 0) is 18.6 Å². The van der Waals surface area contributed by atoms with Crippen LogP contribution >= 0.6 is 0 Å². The van der Waals surface area contributed by atoms with Gasteiger partial charge in [0, 0.05) is 12.7 Å². The lowest BCUT2D eigenvalue weighted by atomic mass is 10.1. The van der Waals surface area contributed by atoms with Crippen molar-refractivity contribution < 1.29 is 9.90 Å². The third kappa shape index (κ3) is 3.14. The van der Waals surface area contributed by atoms with E-state index in [0.717, 1.165) is 11.3 Å². The maximum atomic E-state index is 11.3. The predicted molar refractivity (Wildman–Crippen MR) is 52.8 cm³/mol. The first-order valence-corrected chi connectivity index (χ1v) is 4.52. The summed E-state index contributed by atoms with van der Waals surface area (Å²) in [4.78, 5) is 15.4. The Morgan fingerprint density at radius 3 is 3.07 bits per heavy atom. The summed E-state index contributed by atoms with van der Waals surface area (Å²) >= 11 is 0. The van der Waals surface area contributed by atoms with Crippen LogP contribution in [0.2, 0.25) is 0 Å². The maximum absolute atomic E-state index is 11.3. The Labute approximate surface area is 83.0 Å². The molecule has 0 saturated heterocycles. The minimum atomic E-state index is -0.110. The number of nitrogens with zero attached hydrogens (tertiary/aromatic N) is 1. The monoisotopic (exact) mass is 194 g/mol. The van der Waals surface area contributed by atoms with Crippen LogP contribution in [0.1, 0.15) is 11.3 Å². The Hall–Kier alpha value is -1.42. The molecule has 0 unspecified atom stereocenters. The molecule has 4 nitrogen and oxygen atoms in total. The number of nitrogens with one attached hydrogen (secondary N) is 1. The number of rotatable bonds is 4. The highest BCUT2D eigenvalue weighted by molar-refractivity contribution is 5.78. The van der Waals surface area contributed by atoms with Crippen LogP contribution < -0.4 is 5.32 Å². The van der Waals surface area contributed by atoms with Gasteiger partial charge in [-0.1, -0.05) is 6.07 Å². The molecule has 1 rings (SSSR count). The van der Waals surface area contributed by atoms with Crippen molar-refractivity contribution in [2.45, 2.75) is 13.3 Å². The van der Waals surface area contributed by atoms with Gasteiger partial charge in [-0.25, -0.2) is 0 Å². The molecule has 1 amide bonds. The largest absolute Gasteiger partial charge is 0.395 e. The number of aliphatic hydroxyl groups excluding tert-OH is 1. The van der Waals surface area contributed by atoms with Crippen molar-refractivity contribution >= 4 is 5.91 Å². The van der Waals surface area contributed by atoms with Crippen LogP contribution in [0, 0.1) is 6.92 Å². The first kappa shape index (κ1) is 10.7. The second-order valence-corrected chi connectivity index (χ2v) is 3.02. The second-order valence-electron chi connectivity index (χ2n) is 3.02. The first-order valence-electron chi connectivity index (χ1n) is 4.52. The molecule has 0 saturated carbocycles. The zero-order valence-corrected chi connectivity index (χ0v) is 8.16. The van der Waals surface area contributed by atoms with E-state index in [-0.39, 0.29) is 18.9 Å². The van der Waals surface area contributed by atoms with Crippen LogP contribution in [0.3, 0.4) is 0 Å². The van der Waals surface area contributed by atoms with Crippen molar-refractivity contribution in [2.24, 2.45) is 0 Å². The van der Waals surface area contributed by atoms with Gasteiger partial charge >= 0.3 is 0 Å². The lowest BCUT2D eigenvalue weighted by Gasteiger charge is -2.04. The van der Waals surface area contributed by atoms with Crippen LogP contribution in [0.15, 0.2) is 18.3 Å². The summed E-state index contributed by atoms with van der Waals surface area (Å²) in [7, 11) is 0. The molecule has 0 aromatic carbocycles. The van der Waals surface area contributed by atoms with E-state index in [1.54, 1.807) is 6.20 Å². The SMILES string of the molecule is Cc1cccnc1CC(=O)NCCO. The van der Waals surface area contributed by atoms with E-state index in [0.29, 0.717) is 6.54 Å². The van der Waals surface area contributed by atoms with Crippen molar-refractivity contribution in [1.82, 2.24) is 10.3 Å². The van der Waals surface area contributed by atoms with Crippen LogP contribution in [0.4, 0.5) is 0 Å². The van der Waals surface area contributed by atoms with Gasteiger partial charge < -0.3 is 10.4 Å². The summed E-state index contributed by atoms with van der Waals surface area (Å²) in [5, 5.41) is 11.1. The van der Waals surface area contributed by atoms with Gasteiger partial charge in [0.25, 0.3) is 0 Å². The fourth-order valence-electron chi connectivity index (χ4n) is 1.11. The van der Waals surface area contributed by atoms with E-state index in [4.69, 9.17) is 5.11 Å². The zero-order valence-electron chi connectivity index (χ0n) is 8.16. The number of carbonyl (C=O) groups is 1. The van der Waals surface area contributed by atoms with Gasteiger partial charge in [-0.3, -0.25) is 9.78 Å². The van der Waals surface area contributed by atoms with Gasteiger partial charge in [0.15, 0.2) is 0 Å². The molecular formula is C10H14N2O2. The molecule has 0 fully saturated rings. The fraction of sp³-hybridized carbons (Fsp3) is 0.400. The van der Waals surface area contributed by atoms with E-state index >= 15 is 0 Å². The normalized spacial score (nSPS) is 9.86. The van der Waals surface area contributed by atoms with Gasteiger partial charge in [0.2, 0.25) is 5.91 Å². The molecule has 2 N–H and O–H groups in total. The third-order valence-electron chi connectivity index (χ3n) is 1.88. The Kier molecular flexibility index (Phi) is 4.07. The molecule has 1 aromatic heterocycles. The van der Waals surface area contributed by atoms with E-state index in [1.807, 2.05) is 19.1 Å². The lowest BCUT2D eigenvalue weighted by Crippen LogP contribution is -2.28. The second kappa shape index (κ2) is 5.34. The van der Waals surface area contributed by atoms with Crippen LogP contribution in [-0.4, -0.2) is 29.1 Å². The van der Waals surface area contributed by atoms with E-state index in [9.17, 15) is 4.79 Å². The standard InChI is InChI=1S/C10H14N2O2/c1-8-3-2-4-11-9(8)7-10(14)12-5-6-13/h2-4,13H,5-7H2,1H3,(H,12,14). The molecular weight excluding hydrogens is 180 g/mol. The summed E-state index contributed by atoms with van der Waals surface area (Å²) in [5.74, 6) is -0.110. The molecule has 0 bridgehead atoms. The average Bonchev–Trinajstić information content (AvgIpc) is 2.18. The molecule has 0 aliphatic carbocycles. The number of aryl methyl sites for hydroxylation is 1. The maximum Gasteiger partial charge on any atom is 0.226 e. The smallest absolute Gasteiger partial charge is 0.226 e. The molecule has 0 atom stereocenters. The summed E-state index contributed by atoms with van der Waals surface area (Å²) < 4.78 is 0. The molecule has 1 aromatic rings. The number of hydrogen-bond acceptors (Lipinski definition) is 3. The number of hydrogen-bond donors (Lipinski definition) is 2. The third-order valence-corrected chi connectivity index (χ3v) is 1.88. The number of amides is 1. The summed E-state index contributed by atoms with van der Waals surface area (Å²) in [6.45, 7) is 2.18. The van der Waals surface area contributed by atoms with Gasteiger partial charge in [-0.2, -0.15) is 0 Å². The molecule has 0 aliphatic rings. The van der Waals surface area contributed by atoms with Crippen LogP contribution in [0.5, 0.6) is 0 Å². The minimum Gasteiger partial charge on any atom is -0.395 e. The fourth-order valence-corrected chi connectivity index (χ4v) is 1.11. The van der Waals surface area contributed by atoms with Gasteiger partial charge in [-0.15, -0.1) is 0 Å². The molecule has 1 heterocycles. The topological polar surface area (TPSA) is 62.2 Å². The van der Waals surface area contributed by atoms with Crippen LogP contribution in [0.25, 0.3) is 0 Å². The Morgan fingerprint density at radius 1 is 1.64 bits per heavy atom. The zero-order chi connectivity index (χ0) is 10.4. The van der Waals surface area contributed by atoms with Crippen molar-refractivity contribution in [3.63, 3.8) is 0 Å². The predicted octanol–water partition coefficient (Wildman–Crippen LogP) is 0.0410. The van der Waals surface area contributed by atoms with Gasteiger partial charge in [0.05, 0.1) is 18.7 Å². The van der Waals surface area contributed by atoms with E-state index < -0.39 is 0 Å². The molecule has 4 heteroatoms. The highest BCUT2D eigenvalue weighted by Gasteiger charge is 2.05. The Balaban J connectivity index is 2.52. The first-order chi connectivity index (χ1) is 6.74. The Morgan fingerprint density at radius 2 is 2.43 bits per heavy atom. The summed E-state index contributed by atoms with van der Waals surface area (Å²) in [6.07, 6.45) is 1.94. The van der Waals surface area contributed by atoms with E-state index in [2.05, 4.69) is 10.3 Å². The highest BCUT2D eigenvalue weighted by atomic mass is 16.3. The highest BCUT2D eigenvalue weighted by Crippen LogP contribution is 2.03. The van der Waals surface area contributed by atoms with Gasteiger partial charge in [0.1, 0.15) is 0 Å². The molecule has 14 heavy (non-hydrogen) atoms. The average molecular weight is 194 g/mol. The van der Waals surface area contributed by atoms with Crippen molar-refractivity contribution in [2.75, 3.05) is 13.2 Å². The minimum absolute atomic E-state index is 0.0348. The number of pyridine rings is 1. The quantitative estimate of drug-likeness (QED) is 0.711. The number of aliphatic hydroxyl groups is 1. The summed E-state index contributed by atoms with van der Waals surface area (Å²) in [5.41, 5.74) is 1.79. The van der Waals surface area contributed by atoms with Crippen LogP contribution in [-0.2, 0) is 11.2 Å².